The minimum Gasteiger partial charge on any atom is -0.494 e. The molecule has 3 N–H and O–H groups in total. The van der Waals surface area contributed by atoms with Gasteiger partial charge in [-0.3, -0.25) is 9.78 Å². The number of carbonyl (C=O) groups is 1. The van der Waals surface area contributed by atoms with Gasteiger partial charge in [0.25, 0.3) is 5.91 Å². The number of halogens is 2. The number of benzene rings is 1. The zero-order valence-electron chi connectivity index (χ0n) is 17.8. The number of nitrogens with one attached hydrogen (secondary N) is 1. The molecule has 168 valence electrons. The average Bonchev–Trinajstić information content (AvgIpc) is 3.23. The third kappa shape index (κ3) is 4.49. The van der Waals surface area contributed by atoms with E-state index >= 15 is 0 Å². The van der Waals surface area contributed by atoms with Crippen molar-refractivity contribution in [2.75, 3.05) is 12.4 Å². The number of hydrogen-bond acceptors (Lipinski definition) is 6. The summed E-state index contributed by atoms with van der Waals surface area (Å²) in [5.41, 5.74) is 7.54. The zero-order chi connectivity index (χ0) is 22.8. The van der Waals surface area contributed by atoms with E-state index in [1.165, 1.54) is 18.6 Å². The van der Waals surface area contributed by atoms with E-state index in [2.05, 4.69) is 22.2 Å². The summed E-state index contributed by atoms with van der Waals surface area (Å²) in [5.74, 6) is -1.48. The number of rotatable bonds is 5. The quantitative estimate of drug-likeness (QED) is 0.563. The predicted octanol–water partition coefficient (Wildman–Crippen LogP) is 4.98. The summed E-state index contributed by atoms with van der Waals surface area (Å²) in [5, 5.41) is 4.39. The number of hydrogen-bond donors (Lipinski definition) is 2. The van der Waals surface area contributed by atoms with Gasteiger partial charge in [0, 0.05) is 17.6 Å². The van der Waals surface area contributed by atoms with Gasteiger partial charge < -0.3 is 15.8 Å². The number of carbonyl (C=O) groups excluding carboxylic acids is 1. The van der Waals surface area contributed by atoms with Crippen LogP contribution >= 0.6 is 11.3 Å². The maximum atomic E-state index is 14.6. The highest BCUT2D eigenvalue weighted by Gasteiger charge is 2.28. The largest absolute Gasteiger partial charge is 0.494 e. The minimum atomic E-state index is -0.855. The molecule has 0 spiro atoms. The summed E-state index contributed by atoms with van der Waals surface area (Å²) in [4.78, 5) is 21.2. The summed E-state index contributed by atoms with van der Waals surface area (Å²) in [6, 6.07) is 4.33. The lowest BCUT2D eigenvalue weighted by Crippen LogP contribution is -2.31. The van der Waals surface area contributed by atoms with Crippen LogP contribution in [-0.4, -0.2) is 29.0 Å². The highest BCUT2D eigenvalue weighted by molar-refractivity contribution is 7.13. The van der Waals surface area contributed by atoms with Crippen LogP contribution in [0.2, 0.25) is 0 Å². The average molecular weight is 459 g/mol. The second-order valence-corrected chi connectivity index (χ2v) is 9.02. The first kappa shape index (κ1) is 22.3. The van der Waals surface area contributed by atoms with Gasteiger partial charge in [-0.1, -0.05) is 6.92 Å². The second-order valence-electron chi connectivity index (χ2n) is 8.16. The molecule has 0 aliphatic heterocycles. The van der Waals surface area contributed by atoms with Crippen molar-refractivity contribution in [3.8, 4) is 16.3 Å². The van der Waals surface area contributed by atoms with Crippen molar-refractivity contribution in [1.29, 1.82) is 0 Å². The third-order valence-corrected chi connectivity index (χ3v) is 6.61. The lowest BCUT2D eigenvalue weighted by Gasteiger charge is -2.32. The van der Waals surface area contributed by atoms with E-state index in [1.807, 2.05) is 6.07 Å². The topological polar surface area (TPSA) is 90.1 Å². The van der Waals surface area contributed by atoms with Gasteiger partial charge in [-0.05, 0) is 54.9 Å². The number of pyridine rings is 1. The molecule has 1 aliphatic rings. The molecule has 0 unspecified atom stereocenters. The van der Waals surface area contributed by atoms with Gasteiger partial charge in [0.2, 0.25) is 0 Å². The maximum absolute atomic E-state index is 14.6. The number of anilines is 1. The number of methoxy groups -OCH3 is 1. The lowest BCUT2D eigenvalue weighted by molar-refractivity contribution is 0.102. The molecule has 9 heteroatoms. The molecular formula is C23H24F2N4O2S. The minimum absolute atomic E-state index is 0.0579. The molecule has 0 bridgehead atoms. The molecule has 3 aromatic rings. The molecule has 1 saturated carbocycles. The van der Waals surface area contributed by atoms with Gasteiger partial charge in [-0.2, -0.15) is 0 Å². The van der Waals surface area contributed by atoms with E-state index in [0.29, 0.717) is 11.6 Å². The van der Waals surface area contributed by atoms with Crippen molar-refractivity contribution >= 4 is 22.9 Å². The summed E-state index contributed by atoms with van der Waals surface area (Å²) in [6.07, 6.45) is 6.11. The molecule has 2 heterocycles. The first-order valence-corrected chi connectivity index (χ1v) is 11.2. The molecule has 1 aliphatic carbocycles. The van der Waals surface area contributed by atoms with Crippen LogP contribution in [0.15, 0.2) is 36.0 Å². The van der Waals surface area contributed by atoms with Crippen molar-refractivity contribution in [2.24, 2.45) is 11.7 Å². The number of amides is 1. The number of ether oxygens (including phenoxy) is 1. The Morgan fingerprint density at radius 2 is 2.06 bits per heavy atom. The Bertz CT molecular complexity index is 1130. The van der Waals surface area contributed by atoms with Crippen LogP contribution in [0.1, 0.15) is 48.2 Å². The molecule has 4 rings (SSSR count). The van der Waals surface area contributed by atoms with Crippen LogP contribution in [-0.2, 0) is 0 Å². The van der Waals surface area contributed by atoms with E-state index in [9.17, 15) is 13.6 Å². The third-order valence-electron chi connectivity index (χ3n) is 5.75. The first-order chi connectivity index (χ1) is 15.4. The van der Waals surface area contributed by atoms with Crippen molar-refractivity contribution < 1.29 is 18.3 Å². The van der Waals surface area contributed by atoms with Gasteiger partial charge in [-0.15, -0.1) is 11.3 Å². The fraction of sp³-hybridized carbons (Fsp3) is 0.348. The monoisotopic (exact) mass is 458 g/mol. The van der Waals surface area contributed by atoms with E-state index in [0.717, 1.165) is 42.2 Å². The Hall–Kier alpha value is -2.91. The maximum Gasteiger partial charge on any atom is 0.275 e. The van der Waals surface area contributed by atoms with Crippen LogP contribution in [0.25, 0.3) is 10.6 Å². The smallest absolute Gasteiger partial charge is 0.275 e. The Morgan fingerprint density at radius 3 is 2.81 bits per heavy atom. The Labute approximate surface area is 188 Å². The summed E-state index contributed by atoms with van der Waals surface area (Å²) >= 11 is 0.982. The molecule has 32 heavy (non-hydrogen) atoms. The molecule has 6 nitrogen and oxygen atoms in total. The van der Waals surface area contributed by atoms with Gasteiger partial charge in [0.15, 0.2) is 11.6 Å². The summed E-state index contributed by atoms with van der Waals surface area (Å²) < 4.78 is 33.8. The van der Waals surface area contributed by atoms with Gasteiger partial charge in [-0.25, -0.2) is 13.8 Å². The van der Waals surface area contributed by atoms with Gasteiger partial charge in [0.1, 0.15) is 16.5 Å². The standard InChI is InChI=1S/C23H24F2N4O2S/c1-12-7-13(9-14(26)8-12)15-5-6-27-10-17(15)28-22(30)18-11-32-23(29-18)20-16(24)3-4-19(31-2)21(20)25/h3-6,10-14H,7-9,26H2,1-2H3,(H,28,30)/t12-,13+,14-/m0/s1. The molecule has 3 atom stereocenters. The van der Waals surface area contributed by atoms with Crippen LogP contribution in [0.5, 0.6) is 5.75 Å². The van der Waals surface area contributed by atoms with Crippen molar-refractivity contribution in [2.45, 2.75) is 38.1 Å². The number of thiazole rings is 1. The van der Waals surface area contributed by atoms with Crippen molar-refractivity contribution in [3.05, 3.63) is 58.9 Å². The van der Waals surface area contributed by atoms with E-state index in [-0.39, 0.29) is 34.0 Å². The number of aromatic nitrogens is 2. The molecule has 0 saturated heterocycles. The van der Waals surface area contributed by atoms with Gasteiger partial charge >= 0.3 is 0 Å². The SMILES string of the molecule is COc1ccc(F)c(-c2nc(C(=O)Nc3cnccc3[C@@H]3C[C@H](C)C[C@H](N)C3)cs2)c1F. The van der Waals surface area contributed by atoms with Crippen molar-refractivity contribution in [3.63, 3.8) is 0 Å². The first-order valence-electron chi connectivity index (χ1n) is 10.4. The fourth-order valence-electron chi connectivity index (χ4n) is 4.34. The van der Waals surface area contributed by atoms with Crippen LogP contribution in [0.3, 0.4) is 0 Å². The summed E-state index contributed by atoms with van der Waals surface area (Å²) in [6.45, 7) is 2.18. The Balaban J connectivity index is 1.58. The normalized spacial score (nSPS) is 20.7. The Kier molecular flexibility index (Phi) is 6.48. The van der Waals surface area contributed by atoms with Gasteiger partial charge in [0.05, 0.1) is 24.6 Å². The van der Waals surface area contributed by atoms with Crippen LogP contribution in [0, 0.1) is 17.6 Å². The van der Waals surface area contributed by atoms with E-state index < -0.39 is 17.5 Å². The molecule has 1 aromatic carbocycles. The lowest BCUT2D eigenvalue weighted by atomic mass is 9.76. The molecular weight excluding hydrogens is 434 g/mol. The molecule has 0 radical (unpaired) electrons. The van der Waals surface area contributed by atoms with E-state index in [1.54, 1.807) is 12.4 Å². The summed E-state index contributed by atoms with van der Waals surface area (Å²) in [7, 11) is 1.30. The second kappa shape index (κ2) is 9.30. The number of nitrogens with two attached hydrogens (primary N) is 1. The number of nitrogens with zero attached hydrogens (tertiary/aromatic N) is 2. The Morgan fingerprint density at radius 1 is 1.25 bits per heavy atom. The predicted molar refractivity (Wildman–Crippen MR) is 120 cm³/mol. The molecule has 1 amide bonds. The molecule has 2 aromatic heterocycles. The van der Waals surface area contributed by atoms with E-state index in [4.69, 9.17) is 10.5 Å². The van der Waals surface area contributed by atoms with Crippen LogP contribution in [0.4, 0.5) is 14.5 Å². The van der Waals surface area contributed by atoms with Crippen LogP contribution < -0.4 is 15.8 Å². The molecule has 1 fully saturated rings. The van der Waals surface area contributed by atoms with Crippen molar-refractivity contribution in [1.82, 2.24) is 9.97 Å². The fourth-order valence-corrected chi connectivity index (χ4v) is 5.18. The highest BCUT2D eigenvalue weighted by Crippen LogP contribution is 2.38. The zero-order valence-corrected chi connectivity index (χ0v) is 18.6. The highest BCUT2D eigenvalue weighted by atomic mass is 32.1.